The number of rotatable bonds is 5. The molecule has 0 aliphatic heterocycles. The third-order valence-corrected chi connectivity index (χ3v) is 3.15. The van der Waals surface area contributed by atoms with Crippen LogP contribution in [-0.2, 0) is 11.2 Å². The molecular formula is C16H21N3O. The average Bonchev–Trinajstić information content (AvgIpc) is 2.85. The molecule has 4 nitrogen and oxygen atoms in total. The van der Waals surface area contributed by atoms with Gasteiger partial charge in [-0.2, -0.15) is 5.10 Å². The van der Waals surface area contributed by atoms with E-state index in [4.69, 9.17) is 0 Å². The first kappa shape index (κ1) is 14.3. The maximum atomic E-state index is 12.0. The lowest BCUT2D eigenvalue weighted by molar-refractivity contribution is -0.116. The summed E-state index contributed by atoms with van der Waals surface area (Å²) in [6.07, 6.45) is 2.94. The minimum atomic E-state index is 0.0221. The number of benzene rings is 1. The predicted molar refractivity (Wildman–Crippen MR) is 80.7 cm³/mol. The van der Waals surface area contributed by atoms with Crippen LogP contribution in [0.1, 0.15) is 37.4 Å². The molecule has 0 spiro atoms. The molecule has 1 heterocycles. The van der Waals surface area contributed by atoms with Gasteiger partial charge >= 0.3 is 0 Å². The molecule has 106 valence electrons. The van der Waals surface area contributed by atoms with Crippen molar-refractivity contribution in [3.63, 3.8) is 0 Å². The first-order valence-electron chi connectivity index (χ1n) is 6.95. The zero-order valence-corrected chi connectivity index (χ0v) is 12.3. The van der Waals surface area contributed by atoms with E-state index >= 15 is 0 Å². The van der Waals surface area contributed by atoms with Gasteiger partial charge in [0.15, 0.2) is 0 Å². The fourth-order valence-corrected chi connectivity index (χ4v) is 2.16. The minimum absolute atomic E-state index is 0.0221. The van der Waals surface area contributed by atoms with Crippen molar-refractivity contribution in [2.24, 2.45) is 0 Å². The van der Waals surface area contributed by atoms with E-state index in [0.717, 1.165) is 12.2 Å². The monoisotopic (exact) mass is 271 g/mol. The molecule has 1 N–H and O–H groups in total. The van der Waals surface area contributed by atoms with Crippen molar-refractivity contribution in [1.29, 1.82) is 0 Å². The topological polar surface area (TPSA) is 46.9 Å². The van der Waals surface area contributed by atoms with E-state index in [1.807, 2.05) is 30.7 Å². The minimum Gasteiger partial charge on any atom is -0.311 e. The summed E-state index contributed by atoms with van der Waals surface area (Å²) in [5, 5.41) is 7.12. The summed E-state index contributed by atoms with van der Waals surface area (Å²) in [5.41, 5.74) is 2.42. The van der Waals surface area contributed by atoms with E-state index in [1.165, 1.54) is 11.1 Å². The van der Waals surface area contributed by atoms with Crippen LogP contribution < -0.4 is 5.32 Å². The Bertz CT molecular complexity index is 587. The van der Waals surface area contributed by atoms with Crippen LogP contribution in [-0.4, -0.2) is 15.7 Å². The fraction of sp³-hybridized carbons (Fsp3) is 0.375. The number of nitrogens with one attached hydrogen (secondary N) is 1. The van der Waals surface area contributed by atoms with Gasteiger partial charge in [0.05, 0.1) is 6.20 Å². The van der Waals surface area contributed by atoms with Crippen molar-refractivity contribution >= 4 is 11.7 Å². The van der Waals surface area contributed by atoms with E-state index in [-0.39, 0.29) is 11.9 Å². The van der Waals surface area contributed by atoms with Gasteiger partial charge in [-0.3, -0.25) is 4.79 Å². The van der Waals surface area contributed by atoms with E-state index in [1.54, 1.807) is 6.20 Å². The van der Waals surface area contributed by atoms with Crippen LogP contribution in [0.15, 0.2) is 36.5 Å². The largest absolute Gasteiger partial charge is 0.311 e. The second-order valence-corrected chi connectivity index (χ2v) is 5.29. The average molecular weight is 271 g/mol. The molecule has 0 atom stereocenters. The molecule has 0 fully saturated rings. The summed E-state index contributed by atoms with van der Waals surface area (Å²) in [6.45, 7) is 6.13. The number of aryl methyl sites for hydroxylation is 2. The number of aromatic nitrogens is 2. The smallest absolute Gasteiger partial charge is 0.225 e. The Kier molecular flexibility index (Phi) is 4.56. The highest BCUT2D eigenvalue weighted by Gasteiger charge is 2.09. The predicted octanol–water partition coefficient (Wildman–Crippen LogP) is 3.34. The highest BCUT2D eigenvalue weighted by molar-refractivity contribution is 5.89. The van der Waals surface area contributed by atoms with Crippen molar-refractivity contribution in [2.45, 2.75) is 39.7 Å². The summed E-state index contributed by atoms with van der Waals surface area (Å²) < 4.78 is 1.81. The molecule has 20 heavy (non-hydrogen) atoms. The molecule has 0 saturated heterocycles. The number of hydrogen-bond acceptors (Lipinski definition) is 2. The SMILES string of the molecule is Cc1cccc(CCC(=O)Nc2ccnn2C(C)C)c1. The Morgan fingerprint density at radius 3 is 2.85 bits per heavy atom. The summed E-state index contributed by atoms with van der Waals surface area (Å²) >= 11 is 0. The Labute approximate surface area is 119 Å². The first-order chi connectivity index (χ1) is 9.56. The third kappa shape index (κ3) is 3.70. The quantitative estimate of drug-likeness (QED) is 0.906. The molecule has 0 saturated carbocycles. The van der Waals surface area contributed by atoms with Crippen LogP contribution in [0.5, 0.6) is 0 Å². The second-order valence-electron chi connectivity index (χ2n) is 5.29. The zero-order valence-electron chi connectivity index (χ0n) is 12.3. The molecule has 2 rings (SSSR count). The number of carbonyl (C=O) groups excluding carboxylic acids is 1. The molecule has 0 aliphatic carbocycles. The van der Waals surface area contributed by atoms with Gasteiger partial charge < -0.3 is 5.32 Å². The normalized spacial score (nSPS) is 10.8. The maximum Gasteiger partial charge on any atom is 0.225 e. The molecule has 0 unspecified atom stereocenters. The summed E-state index contributed by atoms with van der Waals surface area (Å²) in [5.74, 6) is 0.781. The molecule has 1 amide bonds. The Morgan fingerprint density at radius 1 is 1.35 bits per heavy atom. The lowest BCUT2D eigenvalue weighted by atomic mass is 10.1. The van der Waals surface area contributed by atoms with Crippen molar-refractivity contribution in [3.8, 4) is 0 Å². The van der Waals surface area contributed by atoms with Crippen molar-refractivity contribution in [2.75, 3.05) is 5.32 Å². The summed E-state index contributed by atoms with van der Waals surface area (Å²) in [4.78, 5) is 12.0. The fourth-order valence-electron chi connectivity index (χ4n) is 2.16. The molecule has 1 aromatic carbocycles. The Hall–Kier alpha value is -2.10. The van der Waals surface area contributed by atoms with Crippen molar-refractivity contribution < 1.29 is 4.79 Å². The summed E-state index contributed by atoms with van der Waals surface area (Å²) in [7, 11) is 0. The van der Waals surface area contributed by atoms with E-state index < -0.39 is 0 Å². The van der Waals surface area contributed by atoms with Crippen LogP contribution in [0.25, 0.3) is 0 Å². The summed E-state index contributed by atoms with van der Waals surface area (Å²) in [6, 6.07) is 10.3. The van der Waals surface area contributed by atoms with E-state index in [2.05, 4.69) is 35.5 Å². The number of hydrogen-bond donors (Lipinski definition) is 1. The highest BCUT2D eigenvalue weighted by atomic mass is 16.1. The van der Waals surface area contributed by atoms with Gasteiger partial charge in [-0.15, -0.1) is 0 Å². The number of nitrogens with zero attached hydrogens (tertiary/aromatic N) is 2. The van der Waals surface area contributed by atoms with Gasteiger partial charge in [-0.25, -0.2) is 4.68 Å². The van der Waals surface area contributed by atoms with Crippen LogP contribution in [0.3, 0.4) is 0 Å². The lowest BCUT2D eigenvalue weighted by Gasteiger charge is -2.11. The van der Waals surface area contributed by atoms with E-state index in [0.29, 0.717) is 6.42 Å². The molecule has 4 heteroatoms. The number of amides is 1. The Morgan fingerprint density at radius 2 is 2.15 bits per heavy atom. The Balaban J connectivity index is 1.91. The van der Waals surface area contributed by atoms with Gasteiger partial charge in [-0.05, 0) is 32.8 Å². The van der Waals surface area contributed by atoms with Gasteiger partial charge in [0.25, 0.3) is 0 Å². The van der Waals surface area contributed by atoms with Gasteiger partial charge in [0, 0.05) is 18.5 Å². The van der Waals surface area contributed by atoms with Crippen molar-refractivity contribution in [3.05, 3.63) is 47.7 Å². The third-order valence-electron chi connectivity index (χ3n) is 3.15. The van der Waals surface area contributed by atoms with Crippen LogP contribution >= 0.6 is 0 Å². The van der Waals surface area contributed by atoms with Gasteiger partial charge in [0.1, 0.15) is 5.82 Å². The van der Waals surface area contributed by atoms with Crippen molar-refractivity contribution in [1.82, 2.24) is 9.78 Å². The molecule has 0 aliphatic rings. The van der Waals surface area contributed by atoms with E-state index in [9.17, 15) is 4.79 Å². The molecular weight excluding hydrogens is 250 g/mol. The zero-order chi connectivity index (χ0) is 14.5. The lowest BCUT2D eigenvalue weighted by Crippen LogP contribution is -2.17. The first-order valence-corrected chi connectivity index (χ1v) is 6.95. The van der Waals surface area contributed by atoms with Gasteiger partial charge in [0.2, 0.25) is 5.91 Å². The molecule has 2 aromatic rings. The number of carbonyl (C=O) groups is 1. The standard InChI is InChI=1S/C16H21N3O/c1-12(2)19-15(9-10-17-19)18-16(20)8-7-14-6-4-5-13(3)11-14/h4-6,9-12H,7-8H2,1-3H3,(H,18,20). The van der Waals surface area contributed by atoms with Crippen LogP contribution in [0, 0.1) is 6.92 Å². The highest BCUT2D eigenvalue weighted by Crippen LogP contribution is 2.14. The van der Waals surface area contributed by atoms with Gasteiger partial charge in [-0.1, -0.05) is 29.8 Å². The van der Waals surface area contributed by atoms with Crippen LogP contribution in [0.2, 0.25) is 0 Å². The molecule has 0 bridgehead atoms. The molecule has 0 radical (unpaired) electrons. The second kappa shape index (κ2) is 6.37. The number of anilines is 1. The maximum absolute atomic E-state index is 12.0. The van der Waals surface area contributed by atoms with Crippen LogP contribution in [0.4, 0.5) is 5.82 Å². The molecule has 1 aromatic heterocycles.